The van der Waals surface area contributed by atoms with Crippen molar-refractivity contribution in [2.45, 2.75) is 19.3 Å². The summed E-state index contributed by atoms with van der Waals surface area (Å²) in [5.41, 5.74) is 1.94. The Balaban J connectivity index is 1.61. The van der Waals surface area contributed by atoms with Crippen molar-refractivity contribution in [2.24, 2.45) is 5.92 Å². The van der Waals surface area contributed by atoms with E-state index in [2.05, 4.69) is 10.6 Å². The molecule has 2 amide bonds. The summed E-state index contributed by atoms with van der Waals surface area (Å²) in [6, 6.07) is 16.7. The Kier molecular flexibility index (Phi) is 7.23. The molecule has 8 heteroatoms. The second kappa shape index (κ2) is 9.86. The number of piperidine rings is 1. The van der Waals surface area contributed by atoms with E-state index in [1.165, 1.54) is 4.31 Å². The lowest BCUT2D eigenvalue weighted by atomic mass is 9.98. The minimum atomic E-state index is -3.33. The van der Waals surface area contributed by atoms with Crippen LogP contribution in [0.15, 0.2) is 54.6 Å². The van der Waals surface area contributed by atoms with Gasteiger partial charge in [0.05, 0.1) is 23.4 Å². The molecule has 1 unspecified atom stereocenters. The lowest BCUT2D eigenvalue weighted by Crippen LogP contribution is -2.43. The van der Waals surface area contributed by atoms with Gasteiger partial charge in [0.15, 0.2) is 0 Å². The number of para-hydroxylation sites is 1. The lowest BCUT2D eigenvalue weighted by molar-refractivity contribution is -0.120. The van der Waals surface area contributed by atoms with Gasteiger partial charge >= 0.3 is 0 Å². The van der Waals surface area contributed by atoms with Crippen molar-refractivity contribution < 1.29 is 18.0 Å². The fourth-order valence-electron chi connectivity index (χ4n) is 3.54. The third kappa shape index (κ3) is 5.90. The van der Waals surface area contributed by atoms with Gasteiger partial charge in [-0.15, -0.1) is 0 Å². The Hall–Kier alpha value is -2.71. The predicted molar refractivity (Wildman–Crippen MR) is 117 cm³/mol. The van der Waals surface area contributed by atoms with Crippen LogP contribution in [-0.4, -0.2) is 50.4 Å². The highest BCUT2D eigenvalue weighted by Gasteiger charge is 2.30. The van der Waals surface area contributed by atoms with E-state index in [4.69, 9.17) is 0 Å². The molecule has 0 spiro atoms. The van der Waals surface area contributed by atoms with E-state index in [1.807, 2.05) is 30.3 Å². The molecule has 2 N–H and O–H groups in total. The minimum absolute atomic E-state index is 0.163. The first-order valence-corrected chi connectivity index (χ1v) is 11.9. The summed E-state index contributed by atoms with van der Waals surface area (Å²) >= 11 is 0. The zero-order chi connectivity index (χ0) is 21.6. The van der Waals surface area contributed by atoms with Crippen LogP contribution in [0.2, 0.25) is 0 Å². The maximum Gasteiger partial charge on any atom is 0.253 e. The van der Waals surface area contributed by atoms with Gasteiger partial charge in [-0.1, -0.05) is 42.5 Å². The van der Waals surface area contributed by atoms with Crippen molar-refractivity contribution in [1.82, 2.24) is 9.62 Å². The number of anilines is 1. The number of nitrogens with one attached hydrogen (secondary N) is 2. The molecular formula is C22H27N3O4S. The Morgan fingerprint density at radius 3 is 2.50 bits per heavy atom. The molecule has 1 atom stereocenters. The fraction of sp³-hybridized carbons (Fsp3) is 0.364. The zero-order valence-corrected chi connectivity index (χ0v) is 17.8. The average molecular weight is 430 g/mol. The monoisotopic (exact) mass is 429 g/mol. The van der Waals surface area contributed by atoms with Gasteiger partial charge in [-0.25, -0.2) is 12.7 Å². The molecule has 2 aromatic carbocycles. The summed E-state index contributed by atoms with van der Waals surface area (Å²) in [6.07, 6.45) is 3.11. The van der Waals surface area contributed by atoms with Crippen molar-refractivity contribution in [3.63, 3.8) is 0 Å². The van der Waals surface area contributed by atoms with E-state index >= 15 is 0 Å². The van der Waals surface area contributed by atoms with E-state index in [1.54, 1.807) is 24.3 Å². The van der Waals surface area contributed by atoms with Crippen LogP contribution >= 0.6 is 0 Å². The Morgan fingerprint density at radius 1 is 1.07 bits per heavy atom. The zero-order valence-electron chi connectivity index (χ0n) is 17.0. The van der Waals surface area contributed by atoms with Crippen LogP contribution in [0.4, 0.5) is 5.69 Å². The van der Waals surface area contributed by atoms with E-state index in [-0.39, 0.29) is 18.4 Å². The molecule has 7 nitrogen and oxygen atoms in total. The molecule has 0 saturated carbocycles. The summed E-state index contributed by atoms with van der Waals surface area (Å²) in [5.74, 6) is -0.973. The van der Waals surface area contributed by atoms with Crippen molar-refractivity contribution in [3.8, 4) is 0 Å². The van der Waals surface area contributed by atoms with E-state index in [0.29, 0.717) is 43.6 Å². The van der Waals surface area contributed by atoms with Crippen LogP contribution in [0.3, 0.4) is 0 Å². The smallest absolute Gasteiger partial charge is 0.253 e. The third-order valence-electron chi connectivity index (χ3n) is 5.20. The highest BCUT2D eigenvalue weighted by atomic mass is 32.2. The lowest BCUT2D eigenvalue weighted by Gasteiger charge is -2.30. The normalized spacial score (nSPS) is 17.3. The number of amides is 2. The van der Waals surface area contributed by atoms with Crippen molar-refractivity contribution >= 4 is 27.5 Å². The van der Waals surface area contributed by atoms with Gasteiger partial charge in [0.25, 0.3) is 5.91 Å². The number of rotatable bonds is 7. The summed E-state index contributed by atoms with van der Waals surface area (Å²) in [6.45, 7) is 1.08. The number of hydrogen-bond acceptors (Lipinski definition) is 4. The number of hydrogen-bond donors (Lipinski definition) is 2. The molecule has 0 bridgehead atoms. The number of sulfonamides is 1. The maximum absolute atomic E-state index is 12.7. The van der Waals surface area contributed by atoms with Gasteiger partial charge in [-0.05, 0) is 37.0 Å². The molecule has 1 saturated heterocycles. The van der Waals surface area contributed by atoms with Crippen molar-refractivity contribution in [1.29, 1.82) is 0 Å². The molecule has 1 heterocycles. The summed E-state index contributed by atoms with van der Waals surface area (Å²) in [7, 11) is -3.33. The third-order valence-corrected chi connectivity index (χ3v) is 6.47. The summed E-state index contributed by atoms with van der Waals surface area (Å²) in [4.78, 5) is 25.4. The fourth-order valence-corrected chi connectivity index (χ4v) is 4.45. The number of nitrogens with zero attached hydrogens (tertiary/aromatic N) is 1. The number of benzene rings is 2. The summed E-state index contributed by atoms with van der Waals surface area (Å²) < 4.78 is 24.9. The van der Waals surface area contributed by atoms with Crippen LogP contribution in [0.5, 0.6) is 0 Å². The number of carbonyl (C=O) groups is 2. The molecule has 0 aliphatic carbocycles. The van der Waals surface area contributed by atoms with Gasteiger partial charge in [0.1, 0.15) is 0 Å². The van der Waals surface area contributed by atoms with E-state index < -0.39 is 15.9 Å². The predicted octanol–water partition coefficient (Wildman–Crippen LogP) is 2.27. The molecule has 160 valence electrons. The molecule has 1 aliphatic rings. The van der Waals surface area contributed by atoms with Gasteiger partial charge in [0.2, 0.25) is 15.9 Å². The molecule has 1 aliphatic heterocycles. The Bertz CT molecular complexity index is 992. The molecule has 3 rings (SSSR count). The second-order valence-electron chi connectivity index (χ2n) is 7.49. The number of carbonyl (C=O) groups excluding carboxylic acids is 2. The molecular weight excluding hydrogens is 402 g/mol. The SMILES string of the molecule is CS(=O)(=O)N1CCCC(C(=O)Nc2ccccc2C(=O)NCCc2ccccc2)C1. The highest BCUT2D eigenvalue weighted by molar-refractivity contribution is 7.88. The van der Waals surface area contributed by atoms with E-state index in [9.17, 15) is 18.0 Å². The van der Waals surface area contributed by atoms with Crippen molar-refractivity contribution in [3.05, 3.63) is 65.7 Å². The van der Waals surface area contributed by atoms with Crippen LogP contribution in [0.25, 0.3) is 0 Å². The van der Waals surface area contributed by atoms with Gasteiger partial charge in [-0.2, -0.15) is 0 Å². The van der Waals surface area contributed by atoms with Crippen LogP contribution in [0, 0.1) is 5.92 Å². The molecule has 0 radical (unpaired) electrons. The first kappa shape index (κ1) is 22.0. The Morgan fingerprint density at radius 2 is 1.77 bits per heavy atom. The molecule has 1 fully saturated rings. The minimum Gasteiger partial charge on any atom is -0.352 e. The van der Waals surface area contributed by atoms with Crippen LogP contribution in [0.1, 0.15) is 28.8 Å². The molecule has 2 aromatic rings. The second-order valence-corrected chi connectivity index (χ2v) is 9.47. The maximum atomic E-state index is 12.7. The van der Waals surface area contributed by atoms with E-state index in [0.717, 1.165) is 11.8 Å². The highest BCUT2D eigenvalue weighted by Crippen LogP contribution is 2.22. The Labute approximate surface area is 177 Å². The van der Waals surface area contributed by atoms with Crippen molar-refractivity contribution in [2.75, 3.05) is 31.2 Å². The molecule has 0 aromatic heterocycles. The van der Waals surface area contributed by atoms with Crippen LogP contribution < -0.4 is 10.6 Å². The largest absolute Gasteiger partial charge is 0.352 e. The quantitative estimate of drug-likeness (QED) is 0.706. The first-order valence-electron chi connectivity index (χ1n) is 10.0. The van der Waals surface area contributed by atoms with Gasteiger partial charge < -0.3 is 10.6 Å². The van der Waals surface area contributed by atoms with Crippen LogP contribution in [-0.2, 0) is 21.2 Å². The average Bonchev–Trinajstić information content (AvgIpc) is 2.74. The summed E-state index contributed by atoms with van der Waals surface area (Å²) in [5, 5.41) is 5.71. The van der Waals surface area contributed by atoms with Gasteiger partial charge in [-0.3, -0.25) is 9.59 Å². The molecule has 30 heavy (non-hydrogen) atoms. The topological polar surface area (TPSA) is 95.6 Å². The standard InChI is InChI=1S/C22H27N3O4S/c1-30(28,29)25-15-7-10-18(16-25)21(26)24-20-12-6-5-11-19(20)22(27)23-14-13-17-8-3-2-4-9-17/h2-6,8-9,11-12,18H,7,10,13-16H2,1H3,(H,23,27)(H,24,26). The first-order chi connectivity index (χ1) is 14.3. The van der Waals surface area contributed by atoms with Gasteiger partial charge in [0, 0.05) is 19.6 Å².